The molecule has 0 aliphatic rings. The zero-order valence-corrected chi connectivity index (χ0v) is 10.5. The molecule has 0 saturated carbocycles. The Hall–Kier alpha value is -0.570. The Morgan fingerprint density at radius 3 is 2.87 bits per heavy atom. The van der Waals surface area contributed by atoms with E-state index in [9.17, 15) is 8.42 Å². The van der Waals surface area contributed by atoms with Crippen molar-refractivity contribution in [2.24, 2.45) is 5.73 Å². The molecular formula is C7H11N3O2S3. The summed E-state index contributed by atoms with van der Waals surface area (Å²) in [7, 11) is -3.44. The van der Waals surface area contributed by atoms with Crippen LogP contribution >= 0.6 is 23.6 Å². The molecule has 1 rings (SSSR count). The first-order valence-corrected chi connectivity index (χ1v) is 6.83. The molecule has 0 aliphatic carbocycles. The summed E-state index contributed by atoms with van der Waals surface area (Å²) in [5.74, 6) is 0. The lowest BCUT2D eigenvalue weighted by atomic mass is 10.4. The van der Waals surface area contributed by atoms with Crippen molar-refractivity contribution in [1.29, 1.82) is 0 Å². The van der Waals surface area contributed by atoms with Crippen molar-refractivity contribution in [3.63, 3.8) is 0 Å². The third kappa shape index (κ3) is 3.82. The number of hydrogen-bond acceptors (Lipinski definition) is 5. The van der Waals surface area contributed by atoms with Gasteiger partial charge in [0.1, 0.15) is 0 Å². The number of nitrogens with two attached hydrogens (primary N) is 1. The average Bonchev–Trinajstić information content (AvgIpc) is 2.51. The molecule has 0 aromatic carbocycles. The first kappa shape index (κ1) is 12.5. The second-order valence-electron chi connectivity index (χ2n) is 2.81. The van der Waals surface area contributed by atoms with Gasteiger partial charge in [0.15, 0.2) is 4.21 Å². The average molecular weight is 265 g/mol. The molecule has 0 unspecified atom stereocenters. The van der Waals surface area contributed by atoms with Crippen LogP contribution in [0.2, 0.25) is 0 Å². The molecule has 84 valence electrons. The summed E-state index contributed by atoms with van der Waals surface area (Å²) in [4.78, 5) is 4.16. The second kappa shape index (κ2) is 4.97. The second-order valence-corrected chi connectivity index (χ2v) is 6.57. The van der Waals surface area contributed by atoms with Crippen LogP contribution in [0.5, 0.6) is 0 Å². The van der Waals surface area contributed by atoms with E-state index in [0.29, 0.717) is 11.4 Å². The molecule has 3 N–H and O–H groups in total. The van der Waals surface area contributed by atoms with Gasteiger partial charge in [0.2, 0.25) is 0 Å². The maximum Gasteiger partial charge on any atom is 0.251 e. The van der Waals surface area contributed by atoms with Crippen LogP contribution in [0.4, 0.5) is 0 Å². The Morgan fingerprint density at radius 1 is 1.73 bits per heavy atom. The molecule has 0 amide bonds. The van der Waals surface area contributed by atoms with Crippen LogP contribution in [-0.4, -0.2) is 24.9 Å². The van der Waals surface area contributed by atoms with Crippen molar-refractivity contribution in [1.82, 2.24) is 9.71 Å². The first-order valence-electron chi connectivity index (χ1n) is 4.12. The van der Waals surface area contributed by atoms with Crippen LogP contribution in [-0.2, 0) is 10.0 Å². The minimum atomic E-state index is -3.44. The third-order valence-corrected chi connectivity index (χ3v) is 4.57. The largest absolute Gasteiger partial charge is 0.393 e. The van der Waals surface area contributed by atoms with Crippen molar-refractivity contribution in [2.45, 2.75) is 17.6 Å². The standard InChI is InChI=1S/C7H11N3O2S3/c1-5-9-4-7(14-5)15(11,12)10-3-2-6(8)13/h4,10H,2-3H2,1H3,(H2,8,13). The Morgan fingerprint density at radius 2 is 2.40 bits per heavy atom. The van der Waals surface area contributed by atoms with Gasteiger partial charge in [-0.1, -0.05) is 12.2 Å². The molecule has 5 nitrogen and oxygen atoms in total. The van der Waals surface area contributed by atoms with E-state index in [0.717, 1.165) is 11.3 Å². The fourth-order valence-corrected chi connectivity index (χ4v) is 3.13. The highest BCUT2D eigenvalue weighted by Crippen LogP contribution is 2.17. The highest BCUT2D eigenvalue weighted by atomic mass is 32.2. The predicted molar refractivity (Wildman–Crippen MR) is 63.4 cm³/mol. The van der Waals surface area contributed by atoms with E-state index in [1.807, 2.05) is 0 Å². The number of thiocarbonyl (C=S) groups is 1. The van der Waals surface area contributed by atoms with Gasteiger partial charge in [0.25, 0.3) is 10.0 Å². The SMILES string of the molecule is Cc1ncc(S(=O)(=O)NCCC(N)=S)s1. The zero-order valence-electron chi connectivity index (χ0n) is 8.06. The van der Waals surface area contributed by atoms with Crippen LogP contribution in [0.3, 0.4) is 0 Å². The predicted octanol–water partition coefficient (Wildman–Crippen LogP) is 0.406. The van der Waals surface area contributed by atoms with Gasteiger partial charge >= 0.3 is 0 Å². The number of nitrogens with zero attached hydrogens (tertiary/aromatic N) is 1. The van der Waals surface area contributed by atoms with Crippen molar-refractivity contribution >= 4 is 38.6 Å². The number of aromatic nitrogens is 1. The molecule has 0 spiro atoms. The molecule has 8 heteroatoms. The number of thiazole rings is 1. The molecule has 0 saturated heterocycles. The van der Waals surface area contributed by atoms with Gasteiger partial charge in [-0.15, -0.1) is 11.3 Å². The molecule has 1 aromatic rings. The molecular weight excluding hydrogens is 254 g/mol. The van der Waals surface area contributed by atoms with Gasteiger partial charge in [-0.2, -0.15) is 0 Å². The molecule has 0 fully saturated rings. The van der Waals surface area contributed by atoms with E-state index in [1.54, 1.807) is 6.92 Å². The highest BCUT2D eigenvalue weighted by molar-refractivity contribution is 7.91. The van der Waals surface area contributed by atoms with Gasteiger partial charge in [-0.05, 0) is 6.92 Å². The molecule has 1 aromatic heterocycles. The number of sulfonamides is 1. The smallest absolute Gasteiger partial charge is 0.251 e. The summed E-state index contributed by atoms with van der Waals surface area (Å²) in [6.07, 6.45) is 1.69. The Labute approximate surface area is 97.8 Å². The lowest BCUT2D eigenvalue weighted by molar-refractivity contribution is 0.584. The van der Waals surface area contributed by atoms with E-state index < -0.39 is 10.0 Å². The van der Waals surface area contributed by atoms with Gasteiger partial charge in [0, 0.05) is 13.0 Å². The van der Waals surface area contributed by atoms with E-state index >= 15 is 0 Å². The van der Waals surface area contributed by atoms with Gasteiger partial charge < -0.3 is 5.73 Å². The summed E-state index contributed by atoms with van der Waals surface area (Å²) in [6, 6.07) is 0. The van der Waals surface area contributed by atoms with E-state index in [4.69, 9.17) is 5.73 Å². The maximum atomic E-state index is 11.6. The third-order valence-electron chi connectivity index (χ3n) is 1.53. The van der Waals surface area contributed by atoms with Gasteiger partial charge in [-0.3, -0.25) is 0 Å². The minimum Gasteiger partial charge on any atom is -0.393 e. The van der Waals surface area contributed by atoms with Crippen molar-refractivity contribution in [2.75, 3.05) is 6.54 Å². The minimum absolute atomic E-state index is 0.211. The van der Waals surface area contributed by atoms with E-state index in [-0.39, 0.29) is 15.7 Å². The topological polar surface area (TPSA) is 85.1 Å². The molecule has 1 heterocycles. The summed E-state index contributed by atoms with van der Waals surface area (Å²) in [6.45, 7) is 1.97. The summed E-state index contributed by atoms with van der Waals surface area (Å²) in [5, 5.41) is 0.713. The van der Waals surface area contributed by atoms with Crippen LogP contribution in [0.15, 0.2) is 10.4 Å². The number of nitrogens with one attached hydrogen (secondary N) is 1. The molecule has 15 heavy (non-hydrogen) atoms. The molecule has 0 atom stereocenters. The van der Waals surface area contributed by atoms with Crippen molar-refractivity contribution in [3.8, 4) is 0 Å². The number of rotatable bonds is 5. The lowest BCUT2D eigenvalue weighted by Gasteiger charge is -2.02. The lowest BCUT2D eigenvalue weighted by Crippen LogP contribution is -2.26. The number of hydrogen-bond donors (Lipinski definition) is 2. The normalized spacial score (nSPS) is 11.5. The monoisotopic (exact) mass is 265 g/mol. The van der Waals surface area contributed by atoms with Crippen molar-refractivity contribution in [3.05, 3.63) is 11.2 Å². The van der Waals surface area contributed by atoms with Gasteiger partial charge in [-0.25, -0.2) is 18.1 Å². The van der Waals surface area contributed by atoms with Crippen molar-refractivity contribution < 1.29 is 8.42 Å². The maximum absolute atomic E-state index is 11.6. The summed E-state index contributed by atoms with van der Waals surface area (Å²) < 4.78 is 25.8. The van der Waals surface area contributed by atoms with Gasteiger partial charge in [0.05, 0.1) is 16.2 Å². The zero-order chi connectivity index (χ0) is 11.5. The quantitative estimate of drug-likeness (QED) is 0.753. The van der Waals surface area contributed by atoms with Crippen LogP contribution < -0.4 is 10.5 Å². The molecule has 0 radical (unpaired) electrons. The van der Waals surface area contributed by atoms with Crippen LogP contribution in [0.25, 0.3) is 0 Å². The highest BCUT2D eigenvalue weighted by Gasteiger charge is 2.16. The Kier molecular flexibility index (Phi) is 4.14. The first-order chi connectivity index (χ1) is 6.92. The molecule has 0 bridgehead atoms. The Bertz CT molecular complexity index is 452. The van der Waals surface area contributed by atoms with E-state index in [1.165, 1.54) is 6.20 Å². The fourth-order valence-electron chi connectivity index (χ4n) is 0.846. The summed E-state index contributed by atoms with van der Waals surface area (Å²) >= 11 is 5.77. The van der Waals surface area contributed by atoms with E-state index in [2.05, 4.69) is 21.9 Å². The van der Waals surface area contributed by atoms with Crippen LogP contribution in [0.1, 0.15) is 11.4 Å². The fraction of sp³-hybridized carbons (Fsp3) is 0.429. The summed E-state index contributed by atoms with van der Waals surface area (Å²) in [5.41, 5.74) is 5.25. The van der Waals surface area contributed by atoms with Crippen LogP contribution in [0, 0.1) is 6.92 Å². The Balaban J connectivity index is 2.64. The molecule has 0 aliphatic heterocycles. The number of aryl methyl sites for hydroxylation is 1.